The van der Waals surface area contributed by atoms with Crippen molar-refractivity contribution in [2.45, 2.75) is 12.1 Å². The van der Waals surface area contributed by atoms with Crippen LogP contribution in [0.15, 0.2) is 61.1 Å². The second-order valence-electron chi connectivity index (χ2n) is 8.73. The first-order valence-electron chi connectivity index (χ1n) is 11.6. The Morgan fingerprint density at radius 3 is 2.17 bits per heavy atom. The largest absolute Gasteiger partial charge is 0.390 e. The average Bonchev–Trinajstić information content (AvgIpc) is 3.36. The number of piperazine rings is 1. The predicted octanol–water partition coefficient (Wildman–Crippen LogP) is 2.81. The zero-order chi connectivity index (χ0) is 24.2. The van der Waals surface area contributed by atoms with Gasteiger partial charge in [0, 0.05) is 39.3 Å². The van der Waals surface area contributed by atoms with Gasteiger partial charge in [-0.15, -0.1) is 0 Å². The van der Waals surface area contributed by atoms with E-state index in [9.17, 15) is 13.9 Å². The SMILES string of the molecule is OC(CNc1ncnc2[nH]ncc12)CN1CCN(C(c2ccc(F)cc2)c2ccc(F)cc2)CC1. The van der Waals surface area contributed by atoms with Crippen LogP contribution in [0, 0.1) is 11.6 Å². The smallest absolute Gasteiger partial charge is 0.160 e. The van der Waals surface area contributed by atoms with Crippen molar-refractivity contribution in [1.82, 2.24) is 30.0 Å². The van der Waals surface area contributed by atoms with Crippen LogP contribution in [0.5, 0.6) is 0 Å². The van der Waals surface area contributed by atoms with E-state index >= 15 is 0 Å². The molecule has 0 bridgehead atoms. The molecule has 0 saturated carbocycles. The highest BCUT2D eigenvalue weighted by Gasteiger charge is 2.27. The first kappa shape index (κ1) is 23.3. The van der Waals surface area contributed by atoms with Gasteiger partial charge in [0.1, 0.15) is 23.8 Å². The van der Waals surface area contributed by atoms with Crippen LogP contribution in [0.2, 0.25) is 0 Å². The quantitative estimate of drug-likeness (QED) is 0.358. The molecule has 0 amide bonds. The fourth-order valence-corrected chi connectivity index (χ4v) is 4.59. The van der Waals surface area contributed by atoms with Gasteiger partial charge in [-0.2, -0.15) is 5.10 Å². The minimum atomic E-state index is -0.580. The Bertz CT molecular complexity index is 1200. The van der Waals surface area contributed by atoms with E-state index < -0.39 is 6.10 Å². The number of hydrogen-bond donors (Lipinski definition) is 3. The summed E-state index contributed by atoms with van der Waals surface area (Å²) < 4.78 is 27.1. The lowest BCUT2D eigenvalue weighted by Crippen LogP contribution is -2.50. The Balaban J connectivity index is 1.19. The van der Waals surface area contributed by atoms with E-state index in [0.717, 1.165) is 42.7 Å². The Kier molecular flexibility index (Phi) is 6.94. The number of aromatic nitrogens is 4. The van der Waals surface area contributed by atoms with Crippen molar-refractivity contribution in [1.29, 1.82) is 0 Å². The maximum Gasteiger partial charge on any atom is 0.160 e. The number of fused-ring (bicyclic) bond motifs is 1. The maximum absolute atomic E-state index is 13.5. The molecular weight excluding hydrogens is 452 g/mol. The number of nitrogens with one attached hydrogen (secondary N) is 2. The molecule has 1 unspecified atom stereocenters. The topological polar surface area (TPSA) is 93.2 Å². The number of anilines is 1. The molecule has 0 aliphatic carbocycles. The lowest BCUT2D eigenvalue weighted by atomic mass is 9.96. The van der Waals surface area contributed by atoms with Crippen LogP contribution in [0.1, 0.15) is 17.2 Å². The molecule has 10 heteroatoms. The molecule has 2 aromatic carbocycles. The number of β-amino-alcohol motifs (C(OH)–C–C–N with tert-alkyl or cyclic N) is 1. The highest BCUT2D eigenvalue weighted by molar-refractivity contribution is 5.85. The van der Waals surface area contributed by atoms with Crippen LogP contribution in [-0.2, 0) is 0 Å². The Morgan fingerprint density at radius 2 is 1.54 bits per heavy atom. The van der Waals surface area contributed by atoms with Crippen molar-refractivity contribution in [3.8, 4) is 0 Å². The van der Waals surface area contributed by atoms with Gasteiger partial charge in [0.2, 0.25) is 0 Å². The molecule has 1 fully saturated rings. The fraction of sp³-hybridized carbons (Fsp3) is 0.320. The molecule has 1 atom stereocenters. The molecule has 1 aliphatic rings. The van der Waals surface area contributed by atoms with Crippen LogP contribution < -0.4 is 5.32 Å². The molecule has 182 valence electrons. The first-order chi connectivity index (χ1) is 17.1. The van der Waals surface area contributed by atoms with E-state index in [2.05, 4.69) is 35.3 Å². The third kappa shape index (κ3) is 5.45. The lowest BCUT2D eigenvalue weighted by molar-refractivity contribution is 0.0671. The van der Waals surface area contributed by atoms with Crippen LogP contribution in [0.4, 0.5) is 14.6 Å². The van der Waals surface area contributed by atoms with Crippen molar-refractivity contribution in [2.24, 2.45) is 0 Å². The van der Waals surface area contributed by atoms with E-state index in [1.807, 2.05) is 0 Å². The molecular formula is C25H27F2N7O. The summed E-state index contributed by atoms with van der Waals surface area (Å²) in [7, 11) is 0. The molecule has 8 nitrogen and oxygen atoms in total. The van der Waals surface area contributed by atoms with Crippen molar-refractivity contribution < 1.29 is 13.9 Å². The number of aliphatic hydroxyl groups excluding tert-OH is 1. The number of H-pyrrole nitrogens is 1. The van der Waals surface area contributed by atoms with Crippen molar-refractivity contribution in [3.05, 3.63) is 83.8 Å². The number of halogens is 2. The predicted molar refractivity (Wildman–Crippen MR) is 129 cm³/mol. The zero-order valence-electron chi connectivity index (χ0n) is 19.1. The molecule has 1 saturated heterocycles. The summed E-state index contributed by atoms with van der Waals surface area (Å²) in [5.74, 6) is 0.0676. The summed E-state index contributed by atoms with van der Waals surface area (Å²) >= 11 is 0. The van der Waals surface area contributed by atoms with Gasteiger partial charge in [0.25, 0.3) is 0 Å². The zero-order valence-corrected chi connectivity index (χ0v) is 19.1. The molecule has 3 N–H and O–H groups in total. The van der Waals surface area contributed by atoms with Crippen LogP contribution >= 0.6 is 0 Å². The fourth-order valence-electron chi connectivity index (χ4n) is 4.59. The van der Waals surface area contributed by atoms with Gasteiger partial charge in [-0.25, -0.2) is 18.7 Å². The summed E-state index contributed by atoms with van der Waals surface area (Å²) in [6.45, 7) is 3.95. The summed E-state index contributed by atoms with van der Waals surface area (Å²) in [4.78, 5) is 12.9. The number of hydrogen-bond acceptors (Lipinski definition) is 7. The Morgan fingerprint density at radius 1 is 0.914 bits per heavy atom. The van der Waals surface area contributed by atoms with Gasteiger partial charge < -0.3 is 10.4 Å². The second-order valence-corrected chi connectivity index (χ2v) is 8.73. The number of aliphatic hydroxyl groups is 1. The van der Waals surface area contributed by atoms with Gasteiger partial charge >= 0.3 is 0 Å². The van der Waals surface area contributed by atoms with Crippen LogP contribution in [-0.4, -0.2) is 80.4 Å². The van der Waals surface area contributed by atoms with Gasteiger partial charge in [-0.1, -0.05) is 24.3 Å². The summed E-state index contributed by atoms with van der Waals surface area (Å²) in [6, 6.07) is 12.9. The highest BCUT2D eigenvalue weighted by atomic mass is 19.1. The van der Waals surface area contributed by atoms with Gasteiger partial charge in [-0.3, -0.25) is 14.9 Å². The summed E-state index contributed by atoms with van der Waals surface area (Å²) in [5, 5.41) is 21.4. The number of nitrogens with zero attached hydrogens (tertiary/aromatic N) is 5. The number of rotatable bonds is 8. The van der Waals surface area contributed by atoms with E-state index in [1.54, 1.807) is 30.5 Å². The van der Waals surface area contributed by atoms with Crippen LogP contribution in [0.25, 0.3) is 11.0 Å². The Labute approximate surface area is 201 Å². The third-order valence-corrected chi connectivity index (χ3v) is 6.37. The first-order valence-corrected chi connectivity index (χ1v) is 11.6. The molecule has 2 aromatic heterocycles. The van der Waals surface area contributed by atoms with Crippen molar-refractivity contribution in [3.63, 3.8) is 0 Å². The second kappa shape index (κ2) is 10.4. The molecule has 4 aromatic rings. The Hall–Kier alpha value is -3.47. The maximum atomic E-state index is 13.5. The van der Waals surface area contributed by atoms with E-state index in [1.165, 1.54) is 30.6 Å². The van der Waals surface area contributed by atoms with E-state index in [-0.39, 0.29) is 17.7 Å². The van der Waals surface area contributed by atoms with Crippen LogP contribution in [0.3, 0.4) is 0 Å². The van der Waals surface area contributed by atoms with Gasteiger partial charge in [0.15, 0.2) is 5.65 Å². The standard InChI is InChI=1S/C25H27F2N7O/c26-19-5-1-17(2-6-19)23(18-3-7-20(27)8-4-18)34-11-9-33(10-12-34)15-21(35)13-28-24-22-14-31-32-25(22)30-16-29-24/h1-8,14,16,21,23,35H,9-13,15H2,(H2,28,29,30,31,32). The summed E-state index contributed by atoms with van der Waals surface area (Å²) in [5.41, 5.74) is 2.57. The lowest BCUT2D eigenvalue weighted by Gasteiger charge is -2.40. The highest BCUT2D eigenvalue weighted by Crippen LogP contribution is 2.30. The monoisotopic (exact) mass is 479 g/mol. The van der Waals surface area contributed by atoms with E-state index in [0.29, 0.717) is 24.6 Å². The average molecular weight is 480 g/mol. The van der Waals surface area contributed by atoms with Gasteiger partial charge in [-0.05, 0) is 35.4 Å². The molecule has 3 heterocycles. The molecule has 0 radical (unpaired) electrons. The normalized spacial score (nSPS) is 16.1. The molecule has 35 heavy (non-hydrogen) atoms. The third-order valence-electron chi connectivity index (χ3n) is 6.37. The molecule has 1 aliphatic heterocycles. The minimum absolute atomic E-state index is 0.0972. The number of aromatic amines is 1. The van der Waals surface area contributed by atoms with Gasteiger partial charge in [0.05, 0.1) is 23.7 Å². The molecule has 0 spiro atoms. The van der Waals surface area contributed by atoms with Crippen molar-refractivity contribution in [2.75, 3.05) is 44.6 Å². The van der Waals surface area contributed by atoms with E-state index in [4.69, 9.17) is 0 Å². The number of benzene rings is 2. The summed E-state index contributed by atoms with van der Waals surface area (Å²) in [6.07, 6.45) is 2.53. The van der Waals surface area contributed by atoms with Crippen molar-refractivity contribution >= 4 is 16.9 Å². The molecule has 5 rings (SSSR count). The minimum Gasteiger partial charge on any atom is -0.390 e.